The third-order valence-electron chi connectivity index (χ3n) is 5.43. The lowest BCUT2D eigenvalue weighted by Gasteiger charge is -2.47. The van der Waals surface area contributed by atoms with E-state index in [-0.39, 0.29) is 29.6 Å². The van der Waals surface area contributed by atoms with Gasteiger partial charge in [-0.25, -0.2) is 0 Å². The van der Waals surface area contributed by atoms with E-state index in [1.165, 1.54) is 6.42 Å². The number of likely N-dealkylation sites (tertiary alicyclic amines) is 1. The van der Waals surface area contributed by atoms with Gasteiger partial charge in [0.1, 0.15) is 0 Å². The average Bonchev–Trinajstić information content (AvgIpc) is 2.59. The van der Waals surface area contributed by atoms with Crippen LogP contribution in [-0.2, 0) is 9.59 Å². The van der Waals surface area contributed by atoms with E-state index >= 15 is 0 Å². The molecule has 0 bridgehead atoms. The summed E-state index contributed by atoms with van der Waals surface area (Å²) in [5.41, 5.74) is -0.235. The predicted octanol–water partition coefficient (Wildman–Crippen LogP) is 1.33. The van der Waals surface area contributed by atoms with Crippen molar-refractivity contribution in [1.82, 2.24) is 15.1 Å². The van der Waals surface area contributed by atoms with Gasteiger partial charge in [-0.2, -0.15) is 0 Å². The van der Waals surface area contributed by atoms with Crippen molar-refractivity contribution >= 4 is 11.8 Å². The fourth-order valence-corrected chi connectivity index (χ4v) is 4.10. The molecule has 1 unspecified atom stereocenters. The summed E-state index contributed by atoms with van der Waals surface area (Å²) in [6, 6.07) is 0.0881. The first-order valence-electron chi connectivity index (χ1n) is 8.34. The van der Waals surface area contributed by atoms with Crippen LogP contribution in [0.3, 0.4) is 0 Å². The monoisotopic (exact) mass is 293 g/mol. The normalized spacial score (nSPS) is 29.3. The van der Waals surface area contributed by atoms with Crippen molar-refractivity contribution in [2.24, 2.45) is 5.92 Å². The fraction of sp³-hybridized carbons (Fsp3) is 0.875. The molecule has 0 aromatic carbocycles. The maximum absolute atomic E-state index is 12.4. The van der Waals surface area contributed by atoms with Crippen molar-refractivity contribution in [3.8, 4) is 0 Å². The Bertz CT molecular complexity index is 437. The first-order valence-corrected chi connectivity index (χ1v) is 8.34. The molecule has 2 aliphatic heterocycles. The van der Waals surface area contributed by atoms with Gasteiger partial charge in [-0.05, 0) is 33.6 Å². The van der Waals surface area contributed by atoms with E-state index in [1.54, 1.807) is 0 Å². The maximum atomic E-state index is 12.4. The molecular weight excluding hydrogens is 266 g/mol. The number of nitrogens with one attached hydrogen (secondary N) is 1. The van der Waals surface area contributed by atoms with Crippen LogP contribution in [0.5, 0.6) is 0 Å². The summed E-state index contributed by atoms with van der Waals surface area (Å²) in [5, 5.41) is 3.51. The molecule has 5 nitrogen and oxygen atoms in total. The lowest BCUT2D eigenvalue weighted by Crippen LogP contribution is -2.61. The standard InChI is InChI=1S/C16H27N3O2/c1-11(2)19-14(20)12(3)17-16(19)7-9-18(10-8-16)15(21)13-5-4-6-13/h11-13,17H,4-10H2,1-3H3. The topological polar surface area (TPSA) is 52.7 Å². The second kappa shape index (κ2) is 5.27. The molecule has 0 radical (unpaired) electrons. The van der Waals surface area contributed by atoms with E-state index in [4.69, 9.17) is 0 Å². The van der Waals surface area contributed by atoms with E-state index in [9.17, 15) is 9.59 Å². The van der Waals surface area contributed by atoms with Gasteiger partial charge in [-0.15, -0.1) is 0 Å². The minimum atomic E-state index is -0.235. The number of piperidine rings is 1. The zero-order valence-corrected chi connectivity index (χ0v) is 13.4. The highest BCUT2D eigenvalue weighted by Crippen LogP contribution is 2.36. The van der Waals surface area contributed by atoms with E-state index in [0.29, 0.717) is 5.91 Å². The molecule has 3 rings (SSSR count). The summed E-state index contributed by atoms with van der Waals surface area (Å²) in [5.74, 6) is 0.811. The van der Waals surface area contributed by atoms with Crippen molar-refractivity contribution in [3.63, 3.8) is 0 Å². The molecule has 1 N–H and O–H groups in total. The molecule has 3 fully saturated rings. The third-order valence-corrected chi connectivity index (χ3v) is 5.43. The average molecular weight is 293 g/mol. The number of hydrogen-bond acceptors (Lipinski definition) is 3. The number of hydrogen-bond donors (Lipinski definition) is 1. The molecule has 2 heterocycles. The minimum Gasteiger partial charge on any atom is -0.342 e. The lowest BCUT2D eigenvalue weighted by atomic mass is 9.83. The first-order chi connectivity index (χ1) is 9.94. The summed E-state index contributed by atoms with van der Waals surface area (Å²) in [6.45, 7) is 7.63. The first kappa shape index (κ1) is 14.8. The number of nitrogens with zero attached hydrogens (tertiary/aromatic N) is 2. The third kappa shape index (κ3) is 2.35. The second-order valence-corrected chi connectivity index (χ2v) is 7.15. The molecule has 2 amide bonds. The van der Waals surface area contributed by atoms with Crippen LogP contribution >= 0.6 is 0 Å². The zero-order valence-electron chi connectivity index (χ0n) is 13.4. The maximum Gasteiger partial charge on any atom is 0.241 e. The predicted molar refractivity (Wildman–Crippen MR) is 80.5 cm³/mol. The molecule has 21 heavy (non-hydrogen) atoms. The molecule has 1 saturated carbocycles. The van der Waals surface area contributed by atoms with E-state index in [2.05, 4.69) is 19.2 Å². The molecule has 0 aromatic rings. The summed E-state index contributed by atoms with van der Waals surface area (Å²) < 4.78 is 0. The second-order valence-electron chi connectivity index (χ2n) is 7.15. The van der Waals surface area contributed by atoms with E-state index in [0.717, 1.165) is 38.8 Å². The van der Waals surface area contributed by atoms with Gasteiger partial charge in [0, 0.05) is 37.9 Å². The van der Waals surface area contributed by atoms with Crippen LogP contribution in [0.2, 0.25) is 0 Å². The van der Waals surface area contributed by atoms with Crippen LogP contribution in [0.1, 0.15) is 52.9 Å². The molecule has 1 atom stereocenters. The van der Waals surface area contributed by atoms with Crippen molar-refractivity contribution in [3.05, 3.63) is 0 Å². The minimum absolute atomic E-state index is 0.110. The van der Waals surface area contributed by atoms with Gasteiger partial charge in [0.05, 0.1) is 11.7 Å². The number of rotatable bonds is 2. The highest BCUT2D eigenvalue weighted by Gasteiger charge is 2.51. The molecule has 0 aromatic heterocycles. The Morgan fingerprint density at radius 1 is 1.29 bits per heavy atom. The van der Waals surface area contributed by atoms with E-state index in [1.807, 2.05) is 16.7 Å². The van der Waals surface area contributed by atoms with Crippen molar-refractivity contribution < 1.29 is 9.59 Å². The van der Waals surface area contributed by atoms with Crippen LogP contribution in [0, 0.1) is 5.92 Å². The van der Waals surface area contributed by atoms with Gasteiger partial charge in [0.25, 0.3) is 0 Å². The SMILES string of the molecule is CC1NC2(CCN(C(=O)C3CCC3)CC2)N(C(C)C)C1=O. The summed E-state index contributed by atoms with van der Waals surface area (Å²) in [4.78, 5) is 28.8. The highest BCUT2D eigenvalue weighted by atomic mass is 16.2. The molecular formula is C16H27N3O2. The molecule has 3 aliphatic rings. The van der Waals surface area contributed by atoms with Gasteiger partial charge < -0.3 is 9.80 Å². The van der Waals surface area contributed by atoms with Crippen LogP contribution in [0.25, 0.3) is 0 Å². The Kier molecular flexibility index (Phi) is 3.72. The van der Waals surface area contributed by atoms with Crippen LogP contribution in [0.15, 0.2) is 0 Å². The number of carbonyl (C=O) groups excluding carboxylic acids is 2. The van der Waals surface area contributed by atoms with Gasteiger partial charge >= 0.3 is 0 Å². The Hall–Kier alpha value is -1.10. The Labute approximate surface area is 127 Å². The van der Waals surface area contributed by atoms with Crippen molar-refractivity contribution in [2.45, 2.75) is 70.6 Å². The van der Waals surface area contributed by atoms with Gasteiger partial charge in [0.15, 0.2) is 0 Å². The molecule has 5 heteroatoms. The molecule has 2 saturated heterocycles. The Morgan fingerprint density at radius 3 is 2.38 bits per heavy atom. The molecule has 1 aliphatic carbocycles. The highest BCUT2D eigenvalue weighted by molar-refractivity contribution is 5.85. The summed E-state index contributed by atoms with van der Waals surface area (Å²) >= 11 is 0. The van der Waals surface area contributed by atoms with Crippen molar-refractivity contribution in [1.29, 1.82) is 0 Å². The summed E-state index contributed by atoms with van der Waals surface area (Å²) in [6.07, 6.45) is 5.01. The quantitative estimate of drug-likeness (QED) is 0.836. The van der Waals surface area contributed by atoms with Crippen LogP contribution < -0.4 is 5.32 Å². The van der Waals surface area contributed by atoms with Gasteiger partial charge in [0.2, 0.25) is 11.8 Å². The fourth-order valence-electron chi connectivity index (χ4n) is 4.10. The van der Waals surface area contributed by atoms with Gasteiger partial charge in [-0.3, -0.25) is 14.9 Å². The van der Waals surface area contributed by atoms with Crippen LogP contribution in [0.4, 0.5) is 0 Å². The molecule has 1 spiro atoms. The smallest absolute Gasteiger partial charge is 0.241 e. The van der Waals surface area contributed by atoms with Crippen molar-refractivity contribution in [2.75, 3.05) is 13.1 Å². The zero-order chi connectivity index (χ0) is 15.2. The lowest BCUT2D eigenvalue weighted by molar-refractivity contribution is -0.143. The largest absolute Gasteiger partial charge is 0.342 e. The Morgan fingerprint density at radius 2 is 1.90 bits per heavy atom. The summed E-state index contributed by atoms with van der Waals surface area (Å²) in [7, 11) is 0. The molecule has 118 valence electrons. The number of amides is 2. The van der Waals surface area contributed by atoms with Crippen LogP contribution in [-0.4, -0.2) is 52.5 Å². The Balaban J connectivity index is 1.68. The number of carbonyl (C=O) groups is 2. The van der Waals surface area contributed by atoms with E-state index < -0.39 is 0 Å². The van der Waals surface area contributed by atoms with Gasteiger partial charge in [-0.1, -0.05) is 6.42 Å².